The number of rotatable bonds is 8. The van der Waals surface area contributed by atoms with Crippen LogP contribution in [0.4, 0.5) is 0 Å². The number of aromatic nitrogens is 1. The number of hydrogen-bond acceptors (Lipinski definition) is 5. The van der Waals surface area contributed by atoms with Crippen LogP contribution in [0.15, 0.2) is 35.5 Å². The predicted octanol–water partition coefficient (Wildman–Crippen LogP) is 1.83. The van der Waals surface area contributed by atoms with E-state index < -0.39 is 0 Å². The maximum Gasteiger partial charge on any atom is 0.241 e. The van der Waals surface area contributed by atoms with Crippen LogP contribution in [0.1, 0.15) is 15.4 Å². The number of nitrogens with zero attached hydrogens (tertiary/aromatic N) is 3. The maximum absolute atomic E-state index is 11.8. The lowest BCUT2D eigenvalue weighted by Gasteiger charge is -2.14. The van der Waals surface area contributed by atoms with Crippen LogP contribution >= 0.6 is 11.3 Å². The summed E-state index contributed by atoms with van der Waals surface area (Å²) < 4.78 is 5.17. The summed E-state index contributed by atoms with van der Waals surface area (Å²) in [6.07, 6.45) is 2.69. The van der Waals surface area contributed by atoms with Crippen molar-refractivity contribution in [1.82, 2.24) is 20.5 Å². The number of aryl methyl sites for hydroxylation is 1. The molecule has 0 aliphatic carbocycles. The van der Waals surface area contributed by atoms with E-state index in [1.807, 2.05) is 37.4 Å². The van der Waals surface area contributed by atoms with Gasteiger partial charge >= 0.3 is 0 Å². The molecule has 0 aliphatic heterocycles. The zero-order valence-corrected chi connectivity index (χ0v) is 17.1. The SMILES string of the molecule is COc1ccc(CN=C(NCCc2ncc(C)s2)NCC(=O)N(C)C)cc1. The molecular formula is C19H27N5O2S. The number of carbonyl (C=O) groups is 1. The number of thiazole rings is 1. The van der Waals surface area contributed by atoms with Crippen LogP contribution in [-0.2, 0) is 17.8 Å². The second kappa shape index (κ2) is 10.5. The molecule has 2 N–H and O–H groups in total. The van der Waals surface area contributed by atoms with Crippen molar-refractivity contribution < 1.29 is 9.53 Å². The number of benzene rings is 1. The second-order valence-corrected chi connectivity index (χ2v) is 7.52. The summed E-state index contributed by atoms with van der Waals surface area (Å²) in [6, 6.07) is 7.77. The van der Waals surface area contributed by atoms with Gasteiger partial charge in [-0.15, -0.1) is 11.3 Å². The minimum Gasteiger partial charge on any atom is -0.497 e. The molecule has 0 saturated carbocycles. The molecule has 0 atom stereocenters. The number of guanidine groups is 1. The molecule has 0 aliphatic rings. The molecule has 0 spiro atoms. The van der Waals surface area contributed by atoms with Crippen molar-refractivity contribution in [3.8, 4) is 5.75 Å². The first-order valence-electron chi connectivity index (χ1n) is 8.74. The molecule has 146 valence electrons. The lowest BCUT2D eigenvalue weighted by molar-refractivity contribution is -0.127. The molecule has 27 heavy (non-hydrogen) atoms. The Labute approximate surface area is 164 Å². The van der Waals surface area contributed by atoms with Crippen molar-refractivity contribution in [3.63, 3.8) is 0 Å². The van der Waals surface area contributed by atoms with E-state index in [2.05, 4.69) is 20.6 Å². The third kappa shape index (κ3) is 7.26. The van der Waals surface area contributed by atoms with Gasteiger partial charge in [0.1, 0.15) is 5.75 Å². The van der Waals surface area contributed by atoms with E-state index in [1.54, 1.807) is 37.4 Å². The molecule has 1 amide bonds. The quantitative estimate of drug-likeness (QED) is 0.532. The molecule has 0 unspecified atom stereocenters. The molecule has 0 radical (unpaired) electrons. The van der Waals surface area contributed by atoms with Crippen LogP contribution in [0.5, 0.6) is 5.75 Å². The molecule has 2 aromatic rings. The molecule has 1 aromatic heterocycles. The molecule has 0 bridgehead atoms. The Morgan fingerprint density at radius 2 is 2.00 bits per heavy atom. The summed E-state index contributed by atoms with van der Waals surface area (Å²) in [6.45, 7) is 3.44. The lowest BCUT2D eigenvalue weighted by atomic mass is 10.2. The fraction of sp³-hybridized carbons (Fsp3) is 0.421. The van der Waals surface area contributed by atoms with Gasteiger partial charge in [0, 0.05) is 38.1 Å². The highest BCUT2D eigenvalue weighted by Crippen LogP contribution is 2.12. The molecule has 8 heteroatoms. The number of methoxy groups -OCH3 is 1. The number of aliphatic imine (C=N–C) groups is 1. The van der Waals surface area contributed by atoms with Crippen LogP contribution < -0.4 is 15.4 Å². The van der Waals surface area contributed by atoms with Gasteiger partial charge in [-0.2, -0.15) is 0 Å². The highest BCUT2D eigenvalue weighted by molar-refractivity contribution is 7.11. The zero-order chi connectivity index (χ0) is 19.6. The summed E-state index contributed by atoms with van der Waals surface area (Å²) in [7, 11) is 5.11. The van der Waals surface area contributed by atoms with E-state index in [1.165, 1.54) is 4.88 Å². The van der Waals surface area contributed by atoms with Crippen LogP contribution in [-0.4, -0.2) is 56.0 Å². The number of amides is 1. The Morgan fingerprint density at radius 1 is 1.26 bits per heavy atom. The number of hydrogen-bond donors (Lipinski definition) is 2. The fourth-order valence-electron chi connectivity index (χ4n) is 2.20. The molecule has 0 saturated heterocycles. The molecule has 0 fully saturated rings. The van der Waals surface area contributed by atoms with E-state index in [4.69, 9.17) is 4.74 Å². The number of carbonyl (C=O) groups excluding carboxylic acids is 1. The molecule has 7 nitrogen and oxygen atoms in total. The predicted molar refractivity (Wildman–Crippen MR) is 109 cm³/mol. The normalized spacial score (nSPS) is 11.2. The summed E-state index contributed by atoms with van der Waals surface area (Å²) >= 11 is 1.69. The van der Waals surface area contributed by atoms with Gasteiger partial charge in [0.25, 0.3) is 0 Å². The Hall–Kier alpha value is -2.61. The van der Waals surface area contributed by atoms with Gasteiger partial charge in [-0.1, -0.05) is 12.1 Å². The van der Waals surface area contributed by atoms with Gasteiger partial charge in [0.05, 0.1) is 25.2 Å². The minimum absolute atomic E-state index is 0.00973. The van der Waals surface area contributed by atoms with Crippen molar-refractivity contribution >= 4 is 23.2 Å². The van der Waals surface area contributed by atoms with Gasteiger partial charge in [-0.25, -0.2) is 9.98 Å². The number of nitrogens with one attached hydrogen (secondary N) is 2. The maximum atomic E-state index is 11.8. The largest absolute Gasteiger partial charge is 0.497 e. The lowest BCUT2D eigenvalue weighted by Crippen LogP contribution is -2.43. The molecule has 1 aromatic carbocycles. The van der Waals surface area contributed by atoms with E-state index in [9.17, 15) is 4.79 Å². The Kier molecular flexibility index (Phi) is 8.06. The van der Waals surface area contributed by atoms with Gasteiger partial charge in [-0.05, 0) is 24.6 Å². The zero-order valence-electron chi connectivity index (χ0n) is 16.3. The van der Waals surface area contributed by atoms with Gasteiger partial charge in [0.15, 0.2) is 5.96 Å². The third-order valence-corrected chi connectivity index (χ3v) is 4.76. The monoisotopic (exact) mass is 389 g/mol. The van der Waals surface area contributed by atoms with Crippen molar-refractivity contribution in [2.75, 3.05) is 34.3 Å². The van der Waals surface area contributed by atoms with E-state index >= 15 is 0 Å². The molecular weight excluding hydrogens is 362 g/mol. The summed E-state index contributed by atoms with van der Waals surface area (Å²) in [4.78, 5) is 23.5. The van der Waals surface area contributed by atoms with Crippen LogP contribution in [0.2, 0.25) is 0 Å². The van der Waals surface area contributed by atoms with Crippen molar-refractivity contribution in [2.24, 2.45) is 4.99 Å². The van der Waals surface area contributed by atoms with Crippen molar-refractivity contribution in [2.45, 2.75) is 19.9 Å². The van der Waals surface area contributed by atoms with Crippen LogP contribution in [0.3, 0.4) is 0 Å². The van der Waals surface area contributed by atoms with Crippen LogP contribution in [0.25, 0.3) is 0 Å². The Bertz CT molecular complexity index is 756. The topological polar surface area (TPSA) is 78.8 Å². The Morgan fingerprint density at radius 3 is 2.59 bits per heavy atom. The second-order valence-electron chi connectivity index (χ2n) is 6.20. The Balaban J connectivity index is 1.94. The number of likely N-dealkylation sites (N-methyl/N-ethyl adjacent to an activating group) is 1. The van der Waals surface area contributed by atoms with E-state index in [0.717, 1.165) is 22.7 Å². The number of ether oxygens (including phenoxy) is 1. The third-order valence-electron chi connectivity index (χ3n) is 3.79. The smallest absolute Gasteiger partial charge is 0.241 e. The van der Waals surface area contributed by atoms with E-state index in [0.29, 0.717) is 19.0 Å². The van der Waals surface area contributed by atoms with Gasteiger partial charge in [-0.3, -0.25) is 4.79 Å². The molecule has 1 heterocycles. The molecule has 2 rings (SSSR count). The summed E-state index contributed by atoms with van der Waals surface area (Å²) in [5.74, 6) is 1.41. The minimum atomic E-state index is -0.00973. The summed E-state index contributed by atoms with van der Waals surface area (Å²) in [5.41, 5.74) is 1.06. The van der Waals surface area contributed by atoms with Crippen molar-refractivity contribution in [3.05, 3.63) is 45.9 Å². The van der Waals surface area contributed by atoms with Crippen LogP contribution in [0, 0.1) is 6.92 Å². The highest BCUT2D eigenvalue weighted by Gasteiger charge is 2.06. The first-order chi connectivity index (χ1) is 13.0. The average Bonchev–Trinajstić information content (AvgIpc) is 3.08. The standard InChI is InChI=1S/C19H27N5O2S/c1-14-11-21-17(27-14)9-10-20-19(23-13-18(25)24(2)3)22-12-15-5-7-16(26-4)8-6-15/h5-8,11H,9-10,12-13H2,1-4H3,(H2,20,22,23). The van der Waals surface area contributed by atoms with Gasteiger partial charge < -0.3 is 20.3 Å². The van der Waals surface area contributed by atoms with Gasteiger partial charge in [0.2, 0.25) is 5.91 Å². The first kappa shape index (κ1) is 20.7. The van der Waals surface area contributed by atoms with E-state index in [-0.39, 0.29) is 12.5 Å². The average molecular weight is 390 g/mol. The first-order valence-corrected chi connectivity index (χ1v) is 9.56. The summed E-state index contributed by atoms with van der Waals surface area (Å²) in [5, 5.41) is 7.45. The van der Waals surface area contributed by atoms with Crippen molar-refractivity contribution in [1.29, 1.82) is 0 Å². The highest BCUT2D eigenvalue weighted by atomic mass is 32.1. The fourth-order valence-corrected chi connectivity index (χ4v) is 2.98.